The number of aromatic nitrogens is 2. The molecule has 25 heavy (non-hydrogen) atoms. The van der Waals surface area contributed by atoms with Gasteiger partial charge in [-0.1, -0.05) is 0 Å². The highest BCUT2D eigenvalue weighted by molar-refractivity contribution is 9.10. The Hall–Kier alpha value is -2.22. The second kappa shape index (κ2) is 7.35. The van der Waals surface area contributed by atoms with Crippen LogP contribution in [0.1, 0.15) is 22.5 Å². The molecule has 0 bridgehead atoms. The van der Waals surface area contributed by atoms with Crippen LogP contribution in [0.4, 0.5) is 0 Å². The van der Waals surface area contributed by atoms with E-state index in [9.17, 15) is 0 Å². The molecule has 1 aliphatic heterocycles. The van der Waals surface area contributed by atoms with Crippen LogP contribution in [0.15, 0.2) is 21.6 Å². The van der Waals surface area contributed by atoms with E-state index in [0.29, 0.717) is 13.1 Å². The fourth-order valence-corrected chi connectivity index (χ4v) is 3.38. The fraction of sp³-hybridized carbons (Fsp3) is 0.412. The van der Waals surface area contributed by atoms with Gasteiger partial charge in [0.2, 0.25) is 6.79 Å². The van der Waals surface area contributed by atoms with Gasteiger partial charge in [-0.15, -0.1) is 0 Å². The Bertz CT molecular complexity index is 816. The van der Waals surface area contributed by atoms with E-state index < -0.39 is 0 Å². The first kappa shape index (κ1) is 17.6. The molecule has 0 atom stereocenters. The third-order valence-corrected chi connectivity index (χ3v) is 4.85. The van der Waals surface area contributed by atoms with Crippen LogP contribution < -0.4 is 20.1 Å². The van der Waals surface area contributed by atoms with Crippen LogP contribution in [0, 0.1) is 13.8 Å². The second-order valence-corrected chi connectivity index (χ2v) is 6.72. The quantitative estimate of drug-likeness (QED) is 0.601. The zero-order chi connectivity index (χ0) is 18.0. The van der Waals surface area contributed by atoms with E-state index in [1.54, 1.807) is 7.05 Å². The first-order valence-corrected chi connectivity index (χ1v) is 8.80. The summed E-state index contributed by atoms with van der Waals surface area (Å²) in [4.78, 5) is 4.28. The molecule has 134 valence electrons. The molecule has 0 unspecified atom stereocenters. The maximum absolute atomic E-state index is 5.45. The smallest absolute Gasteiger partial charge is 0.231 e. The number of fused-ring (bicyclic) bond motifs is 1. The minimum Gasteiger partial charge on any atom is -0.454 e. The SMILES string of the molecule is CN=C(NCc1cc(Br)c2c(c1)OCO2)NCc1c(C)nn(C)c1C. The molecule has 8 heteroatoms. The molecule has 2 aromatic rings. The number of guanidine groups is 1. The summed E-state index contributed by atoms with van der Waals surface area (Å²) in [6, 6.07) is 3.99. The molecule has 2 heterocycles. The fourth-order valence-electron chi connectivity index (χ4n) is 2.77. The number of benzene rings is 1. The number of ether oxygens (including phenoxy) is 2. The lowest BCUT2D eigenvalue weighted by molar-refractivity contribution is 0.173. The Morgan fingerprint density at radius 1 is 1.28 bits per heavy atom. The van der Waals surface area contributed by atoms with Gasteiger partial charge in [0, 0.05) is 38.4 Å². The highest BCUT2D eigenvalue weighted by Crippen LogP contribution is 2.39. The number of hydrogen-bond donors (Lipinski definition) is 2. The predicted octanol–water partition coefficient (Wildman–Crippen LogP) is 2.39. The van der Waals surface area contributed by atoms with E-state index in [0.717, 1.165) is 38.9 Å². The van der Waals surface area contributed by atoms with E-state index in [1.807, 2.05) is 30.8 Å². The van der Waals surface area contributed by atoms with Crippen molar-refractivity contribution in [2.45, 2.75) is 26.9 Å². The maximum Gasteiger partial charge on any atom is 0.231 e. The second-order valence-electron chi connectivity index (χ2n) is 5.86. The Morgan fingerprint density at radius 2 is 2.04 bits per heavy atom. The van der Waals surface area contributed by atoms with Crippen LogP contribution in [-0.2, 0) is 20.1 Å². The Balaban J connectivity index is 1.61. The number of hydrogen-bond acceptors (Lipinski definition) is 4. The normalized spacial score (nSPS) is 13.2. The van der Waals surface area contributed by atoms with Gasteiger partial charge in [-0.25, -0.2) is 0 Å². The summed E-state index contributed by atoms with van der Waals surface area (Å²) in [7, 11) is 3.71. The first-order valence-electron chi connectivity index (χ1n) is 8.01. The Kier molecular flexibility index (Phi) is 5.17. The van der Waals surface area contributed by atoms with Crippen LogP contribution in [0.25, 0.3) is 0 Å². The molecular formula is C17H22BrN5O2. The zero-order valence-electron chi connectivity index (χ0n) is 14.8. The maximum atomic E-state index is 5.45. The summed E-state index contributed by atoms with van der Waals surface area (Å²) in [5, 5.41) is 11.1. The van der Waals surface area contributed by atoms with Crippen molar-refractivity contribution in [3.8, 4) is 11.5 Å². The number of rotatable bonds is 4. The molecule has 3 rings (SSSR count). The zero-order valence-corrected chi connectivity index (χ0v) is 16.4. The van der Waals surface area contributed by atoms with E-state index in [2.05, 4.69) is 43.6 Å². The molecule has 7 nitrogen and oxygen atoms in total. The van der Waals surface area contributed by atoms with Gasteiger partial charge in [0.15, 0.2) is 17.5 Å². The lowest BCUT2D eigenvalue weighted by atomic mass is 10.2. The van der Waals surface area contributed by atoms with Crippen LogP contribution >= 0.6 is 15.9 Å². The van der Waals surface area contributed by atoms with Crippen molar-refractivity contribution >= 4 is 21.9 Å². The van der Waals surface area contributed by atoms with Gasteiger partial charge >= 0.3 is 0 Å². The van der Waals surface area contributed by atoms with E-state index in [1.165, 1.54) is 5.56 Å². The van der Waals surface area contributed by atoms with Crippen molar-refractivity contribution in [2.24, 2.45) is 12.0 Å². The van der Waals surface area contributed by atoms with Gasteiger partial charge in [0.05, 0.1) is 10.2 Å². The molecule has 1 aromatic heterocycles. The van der Waals surface area contributed by atoms with Crippen LogP contribution in [0.5, 0.6) is 11.5 Å². The third kappa shape index (κ3) is 3.73. The van der Waals surface area contributed by atoms with Crippen molar-refractivity contribution in [2.75, 3.05) is 13.8 Å². The molecular weight excluding hydrogens is 386 g/mol. The molecule has 1 aromatic carbocycles. The number of aliphatic imine (C=N–C) groups is 1. The molecule has 2 N–H and O–H groups in total. The number of nitrogens with zero attached hydrogens (tertiary/aromatic N) is 3. The monoisotopic (exact) mass is 407 g/mol. The topological polar surface area (TPSA) is 72.7 Å². The minimum atomic E-state index is 0.262. The molecule has 0 saturated carbocycles. The summed E-state index contributed by atoms with van der Waals surface area (Å²) < 4.78 is 13.6. The summed E-state index contributed by atoms with van der Waals surface area (Å²) in [6.45, 7) is 5.65. The first-order chi connectivity index (χ1) is 12.0. The predicted molar refractivity (Wildman–Crippen MR) is 100.0 cm³/mol. The summed E-state index contributed by atoms with van der Waals surface area (Å²) in [6.07, 6.45) is 0. The van der Waals surface area contributed by atoms with Crippen LogP contribution in [0.3, 0.4) is 0 Å². The van der Waals surface area contributed by atoms with E-state index in [4.69, 9.17) is 9.47 Å². The highest BCUT2D eigenvalue weighted by Gasteiger charge is 2.18. The Labute approximate surface area is 155 Å². The summed E-state index contributed by atoms with van der Waals surface area (Å²) in [5.41, 5.74) is 4.45. The molecule has 0 saturated heterocycles. The van der Waals surface area contributed by atoms with Gasteiger partial charge in [-0.3, -0.25) is 9.67 Å². The van der Waals surface area contributed by atoms with Crippen molar-refractivity contribution in [1.29, 1.82) is 0 Å². The molecule has 0 radical (unpaired) electrons. The minimum absolute atomic E-state index is 0.262. The Morgan fingerprint density at radius 3 is 2.72 bits per heavy atom. The van der Waals surface area contributed by atoms with Gasteiger partial charge in [-0.05, 0) is 47.5 Å². The van der Waals surface area contributed by atoms with Crippen molar-refractivity contribution in [3.63, 3.8) is 0 Å². The highest BCUT2D eigenvalue weighted by atomic mass is 79.9. The van der Waals surface area contributed by atoms with Crippen LogP contribution in [0.2, 0.25) is 0 Å². The standard InChI is InChI=1S/C17H22BrN5O2/c1-10-13(11(2)23(4)22-10)8-21-17(19-3)20-7-12-5-14(18)16-15(6-12)24-9-25-16/h5-6H,7-9H2,1-4H3,(H2,19,20,21). The molecule has 0 amide bonds. The lowest BCUT2D eigenvalue weighted by Gasteiger charge is -2.13. The number of halogens is 1. The summed E-state index contributed by atoms with van der Waals surface area (Å²) >= 11 is 3.51. The van der Waals surface area contributed by atoms with Gasteiger partial charge in [-0.2, -0.15) is 5.10 Å². The van der Waals surface area contributed by atoms with Crippen molar-refractivity contribution in [1.82, 2.24) is 20.4 Å². The van der Waals surface area contributed by atoms with Crippen molar-refractivity contribution < 1.29 is 9.47 Å². The van der Waals surface area contributed by atoms with Gasteiger partial charge in [0.25, 0.3) is 0 Å². The molecule has 1 aliphatic rings. The third-order valence-electron chi connectivity index (χ3n) is 4.26. The van der Waals surface area contributed by atoms with Gasteiger partial charge < -0.3 is 20.1 Å². The van der Waals surface area contributed by atoms with E-state index >= 15 is 0 Å². The summed E-state index contributed by atoms with van der Waals surface area (Å²) in [5.74, 6) is 2.25. The number of nitrogens with one attached hydrogen (secondary N) is 2. The molecule has 0 aliphatic carbocycles. The average Bonchev–Trinajstić information content (AvgIpc) is 3.14. The lowest BCUT2D eigenvalue weighted by Crippen LogP contribution is -2.36. The van der Waals surface area contributed by atoms with Crippen LogP contribution in [-0.4, -0.2) is 29.6 Å². The largest absolute Gasteiger partial charge is 0.454 e. The molecule has 0 fully saturated rings. The van der Waals surface area contributed by atoms with E-state index in [-0.39, 0.29) is 6.79 Å². The molecule has 0 spiro atoms. The van der Waals surface area contributed by atoms with Gasteiger partial charge in [0.1, 0.15) is 0 Å². The number of aryl methyl sites for hydroxylation is 2. The van der Waals surface area contributed by atoms with Crippen molar-refractivity contribution in [3.05, 3.63) is 39.1 Å². The average molecular weight is 408 g/mol.